The first kappa shape index (κ1) is 15.5. The van der Waals surface area contributed by atoms with Gasteiger partial charge in [0.15, 0.2) is 5.82 Å². The second kappa shape index (κ2) is 6.46. The van der Waals surface area contributed by atoms with Crippen LogP contribution in [0.15, 0.2) is 43.0 Å². The van der Waals surface area contributed by atoms with Crippen LogP contribution in [0, 0.1) is 12.7 Å². The molecule has 4 rings (SSSR count). The van der Waals surface area contributed by atoms with Crippen LogP contribution >= 0.6 is 0 Å². The molecule has 0 unspecified atom stereocenters. The van der Waals surface area contributed by atoms with Crippen molar-refractivity contribution in [1.29, 1.82) is 0 Å². The van der Waals surface area contributed by atoms with Crippen molar-refractivity contribution in [3.63, 3.8) is 0 Å². The molecule has 8 heteroatoms. The van der Waals surface area contributed by atoms with Crippen molar-refractivity contribution < 1.29 is 4.39 Å². The van der Waals surface area contributed by atoms with Crippen LogP contribution < -0.4 is 9.80 Å². The molecule has 128 valence electrons. The number of hydrogen-bond donors (Lipinski definition) is 0. The second-order valence-electron chi connectivity index (χ2n) is 5.87. The molecule has 4 heterocycles. The lowest BCUT2D eigenvalue weighted by molar-refractivity contribution is 0.601. The summed E-state index contributed by atoms with van der Waals surface area (Å²) in [6.07, 6.45) is 6.08. The lowest BCUT2D eigenvalue weighted by Crippen LogP contribution is -2.47. The van der Waals surface area contributed by atoms with Gasteiger partial charge in [-0.3, -0.25) is 4.57 Å². The van der Waals surface area contributed by atoms with E-state index >= 15 is 0 Å². The van der Waals surface area contributed by atoms with E-state index in [1.165, 1.54) is 12.4 Å². The molecule has 0 bridgehead atoms. The van der Waals surface area contributed by atoms with Gasteiger partial charge >= 0.3 is 0 Å². The fourth-order valence-corrected chi connectivity index (χ4v) is 2.95. The van der Waals surface area contributed by atoms with Crippen LogP contribution in [-0.4, -0.2) is 50.7 Å². The molecule has 1 saturated heterocycles. The molecule has 0 spiro atoms. The Balaban J connectivity index is 1.47. The quantitative estimate of drug-likeness (QED) is 0.725. The minimum Gasteiger partial charge on any atom is -0.353 e. The minimum absolute atomic E-state index is 0.418. The van der Waals surface area contributed by atoms with Crippen molar-refractivity contribution in [2.24, 2.45) is 0 Å². The van der Waals surface area contributed by atoms with Crippen LogP contribution in [0.3, 0.4) is 0 Å². The average molecular weight is 339 g/mol. The molecule has 0 aromatic carbocycles. The summed E-state index contributed by atoms with van der Waals surface area (Å²) in [5, 5.41) is 0. The Hall–Kier alpha value is -3.03. The molecule has 25 heavy (non-hydrogen) atoms. The zero-order chi connectivity index (χ0) is 17.2. The number of halogens is 1. The largest absolute Gasteiger partial charge is 0.353 e. The number of piperazine rings is 1. The van der Waals surface area contributed by atoms with Gasteiger partial charge in [-0.05, 0) is 19.1 Å². The number of nitrogens with zero attached hydrogens (tertiary/aromatic N) is 7. The molecular formula is C17H18FN7. The summed E-state index contributed by atoms with van der Waals surface area (Å²) >= 11 is 0. The fraction of sp³-hybridized carbons (Fsp3) is 0.294. The maximum absolute atomic E-state index is 13.0. The van der Waals surface area contributed by atoms with Gasteiger partial charge in [0, 0.05) is 38.6 Å². The van der Waals surface area contributed by atoms with Crippen molar-refractivity contribution in [2.45, 2.75) is 6.92 Å². The Labute approximate surface area is 144 Å². The average Bonchev–Trinajstić information content (AvgIpc) is 3.09. The molecule has 1 fully saturated rings. The summed E-state index contributed by atoms with van der Waals surface area (Å²) in [4.78, 5) is 21.4. The highest BCUT2D eigenvalue weighted by Gasteiger charge is 2.20. The van der Waals surface area contributed by atoms with Crippen LogP contribution in [0.4, 0.5) is 16.2 Å². The summed E-state index contributed by atoms with van der Waals surface area (Å²) in [6.45, 7) is 5.10. The third-order valence-corrected chi connectivity index (χ3v) is 4.29. The first-order chi connectivity index (χ1) is 12.2. The molecule has 3 aromatic rings. The van der Waals surface area contributed by atoms with Gasteiger partial charge in [0.2, 0.25) is 5.95 Å². The van der Waals surface area contributed by atoms with E-state index < -0.39 is 5.82 Å². The van der Waals surface area contributed by atoms with E-state index in [2.05, 4.69) is 24.8 Å². The topological polar surface area (TPSA) is 63.0 Å². The molecule has 7 nitrogen and oxygen atoms in total. The number of aryl methyl sites for hydroxylation is 1. The van der Waals surface area contributed by atoms with Crippen LogP contribution in [0.2, 0.25) is 0 Å². The smallest absolute Gasteiger partial charge is 0.225 e. The maximum atomic E-state index is 13.0. The predicted molar refractivity (Wildman–Crippen MR) is 92.5 cm³/mol. The van der Waals surface area contributed by atoms with E-state index in [0.717, 1.165) is 43.6 Å². The summed E-state index contributed by atoms with van der Waals surface area (Å²) in [5.41, 5.74) is 0. The number of rotatable bonds is 3. The molecule has 1 aliphatic heterocycles. The van der Waals surface area contributed by atoms with Crippen molar-refractivity contribution in [1.82, 2.24) is 24.5 Å². The normalized spacial score (nSPS) is 14.8. The van der Waals surface area contributed by atoms with Crippen molar-refractivity contribution >= 4 is 11.8 Å². The van der Waals surface area contributed by atoms with Crippen LogP contribution in [0.25, 0.3) is 5.82 Å². The van der Waals surface area contributed by atoms with E-state index in [1.54, 1.807) is 6.20 Å². The fourth-order valence-electron chi connectivity index (χ4n) is 2.95. The van der Waals surface area contributed by atoms with Gasteiger partial charge in [0.05, 0.1) is 12.4 Å². The molecule has 1 aliphatic rings. The van der Waals surface area contributed by atoms with Crippen molar-refractivity contribution in [3.05, 3.63) is 54.6 Å². The first-order valence-corrected chi connectivity index (χ1v) is 8.15. The molecule has 0 saturated carbocycles. The van der Waals surface area contributed by atoms with Crippen molar-refractivity contribution in [3.8, 4) is 5.82 Å². The highest BCUT2D eigenvalue weighted by atomic mass is 19.1. The van der Waals surface area contributed by atoms with Gasteiger partial charge in [-0.2, -0.15) is 0 Å². The summed E-state index contributed by atoms with van der Waals surface area (Å²) in [7, 11) is 0. The molecule has 0 aliphatic carbocycles. The second-order valence-corrected chi connectivity index (χ2v) is 5.87. The van der Waals surface area contributed by atoms with Gasteiger partial charge in [-0.1, -0.05) is 6.07 Å². The minimum atomic E-state index is -0.418. The van der Waals surface area contributed by atoms with E-state index in [4.69, 9.17) is 4.98 Å². The van der Waals surface area contributed by atoms with Gasteiger partial charge in [-0.15, -0.1) is 0 Å². The Kier molecular flexibility index (Phi) is 4.01. The third-order valence-electron chi connectivity index (χ3n) is 4.29. The molecule has 0 amide bonds. The van der Waals surface area contributed by atoms with E-state index in [0.29, 0.717) is 5.95 Å². The van der Waals surface area contributed by atoms with Gasteiger partial charge in [0.1, 0.15) is 17.5 Å². The number of aromatic nitrogens is 5. The summed E-state index contributed by atoms with van der Waals surface area (Å²) in [5.74, 6) is 2.85. The lowest BCUT2D eigenvalue weighted by Gasteiger charge is -2.35. The third kappa shape index (κ3) is 3.15. The van der Waals surface area contributed by atoms with Gasteiger partial charge < -0.3 is 9.80 Å². The molecular weight excluding hydrogens is 321 g/mol. The van der Waals surface area contributed by atoms with E-state index in [-0.39, 0.29) is 0 Å². The number of pyridine rings is 1. The number of imidazole rings is 1. The zero-order valence-corrected chi connectivity index (χ0v) is 13.9. The van der Waals surface area contributed by atoms with Crippen molar-refractivity contribution in [2.75, 3.05) is 36.0 Å². The van der Waals surface area contributed by atoms with E-state index in [9.17, 15) is 4.39 Å². The highest BCUT2D eigenvalue weighted by molar-refractivity contribution is 5.45. The first-order valence-electron chi connectivity index (χ1n) is 8.15. The van der Waals surface area contributed by atoms with Gasteiger partial charge in [-0.25, -0.2) is 24.3 Å². The SMILES string of the molecule is Cc1nccn1-c1cccc(N2CCN(c3ncc(F)cn3)CC2)n1. The van der Waals surface area contributed by atoms with Crippen LogP contribution in [-0.2, 0) is 0 Å². The standard InChI is InChI=1S/C17H18FN7/c1-13-19-5-6-25(13)16-4-2-3-15(22-16)23-7-9-24(10-8-23)17-20-11-14(18)12-21-17/h2-6,11-12H,7-10H2,1H3. The summed E-state index contributed by atoms with van der Waals surface area (Å²) < 4.78 is 14.9. The Morgan fingerprint density at radius 2 is 1.60 bits per heavy atom. The van der Waals surface area contributed by atoms with E-state index in [1.807, 2.05) is 35.9 Å². The molecule has 0 radical (unpaired) electrons. The molecule has 0 N–H and O–H groups in total. The summed E-state index contributed by atoms with van der Waals surface area (Å²) in [6, 6.07) is 5.99. The molecule has 0 atom stereocenters. The predicted octanol–water partition coefficient (Wildman–Crippen LogP) is 1.83. The Bertz CT molecular complexity index is 853. The zero-order valence-electron chi connectivity index (χ0n) is 13.9. The molecule has 3 aromatic heterocycles. The highest BCUT2D eigenvalue weighted by Crippen LogP contribution is 2.18. The Morgan fingerprint density at radius 3 is 2.28 bits per heavy atom. The van der Waals surface area contributed by atoms with Crippen LogP contribution in [0.5, 0.6) is 0 Å². The monoisotopic (exact) mass is 339 g/mol. The van der Waals surface area contributed by atoms with Crippen LogP contribution in [0.1, 0.15) is 5.82 Å². The maximum Gasteiger partial charge on any atom is 0.225 e. The lowest BCUT2D eigenvalue weighted by atomic mass is 10.3. The Morgan fingerprint density at radius 1 is 0.920 bits per heavy atom. The number of hydrogen-bond acceptors (Lipinski definition) is 6. The number of anilines is 2. The van der Waals surface area contributed by atoms with Gasteiger partial charge in [0.25, 0.3) is 0 Å².